The molecular formula is C14H14N2O2. The van der Waals surface area contributed by atoms with Crippen molar-refractivity contribution >= 4 is 12.4 Å². The van der Waals surface area contributed by atoms with Gasteiger partial charge in [0.15, 0.2) is 0 Å². The van der Waals surface area contributed by atoms with Crippen LogP contribution in [0.4, 0.5) is 0 Å². The largest absolute Gasteiger partial charge is 0.508 e. The van der Waals surface area contributed by atoms with Crippen LogP contribution in [0, 0.1) is 0 Å². The van der Waals surface area contributed by atoms with Gasteiger partial charge in [0.05, 0.1) is 5.70 Å². The first kappa shape index (κ1) is 10.9. The molecular weight excluding hydrogens is 228 g/mol. The number of aliphatic imine (C=N–C) groups is 1. The molecule has 1 aromatic rings. The minimum absolute atomic E-state index is 0.394. The van der Waals surface area contributed by atoms with E-state index >= 15 is 0 Å². The van der Waals surface area contributed by atoms with Crippen LogP contribution in [0.25, 0.3) is 6.08 Å². The van der Waals surface area contributed by atoms with Gasteiger partial charge < -0.3 is 9.94 Å². The third-order valence-corrected chi connectivity index (χ3v) is 3.20. The summed E-state index contributed by atoms with van der Waals surface area (Å²) >= 11 is 0. The highest BCUT2D eigenvalue weighted by atomic mass is 16.6. The van der Waals surface area contributed by atoms with Crippen LogP contribution >= 0.6 is 0 Å². The normalized spacial score (nSPS) is 17.1. The maximum Gasteiger partial charge on any atom is 0.141 e. The molecule has 0 radical (unpaired) electrons. The molecule has 2 N–H and O–H groups in total. The van der Waals surface area contributed by atoms with Gasteiger partial charge in [-0.15, -0.1) is 0 Å². The lowest BCUT2D eigenvalue weighted by Crippen LogP contribution is -2.12. The summed E-state index contributed by atoms with van der Waals surface area (Å²) in [6.45, 7) is 0. The molecule has 1 aliphatic carbocycles. The topological polar surface area (TPSA) is 53.9 Å². The lowest BCUT2D eigenvalue weighted by Gasteiger charge is -2.18. The zero-order chi connectivity index (χ0) is 12.4. The number of hydroxylamine groups is 1. The second-order valence-electron chi connectivity index (χ2n) is 4.43. The monoisotopic (exact) mass is 242 g/mol. The molecule has 0 fully saturated rings. The Kier molecular flexibility index (Phi) is 2.76. The number of nitrogens with zero attached hydrogens (tertiary/aromatic N) is 1. The zero-order valence-electron chi connectivity index (χ0n) is 9.89. The van der Waals surface area contributed by atoms with Gasteiger partial charge in [-0.25, -0.2) is 10.5 Å². The van der Waals surface area contributed by atoms with Gasteiger partial charge in [-0.05, 0) is 24.5 Å². The molecule has 3 rings (SSSR count). The fourth-order valence-corrected chi connectivity index (χ4v) is 2.31. The summed E-state index contributed by atoms with van der Waals surface area (Å²) in [4.78, 5) is 9.19. The van der Waals surface area contributed by atoms with E-state index in [4.69, 9.17) is 4.84 Å². The van der Waals surface area contributed by atoms with Crippen LogP contribution in [0.15, 0.2) is 40.7 Å². The Morgan fingerprint density at radius 2 is 2.28 bits per heavy atom. The number of rotatable bonds is 2. The summed E-state index contributed by atoms with van der Waals surface area (Å²) in [5, 5.41) is 9.77. The van der Waals surface area contributed by atoms with Gasteiger partial charge in [0, 0.05) is 12.0 Å². The van der Waals surface area contributed by atoms with E-state index in [1.165, 1.54) is 5.57 Å². The second-order valence-corrected chi connectivity index (χ2v) is 4.43. The number of hydrogen-bond donors (Lipinski definition) is 2. The summed E-state index contributed by atoms with van der Waals surface area (Å²) in [6, 6.07) is 5.65. The molecule has 0 saturated heterocycles. The van der Waals surface area contributed by atoms with Crippen LogP contribution in [0.3, 0.4) is 0 Å². The second kappa shape index (κ2) is 4.56. The first-order valence-corrected chi connectivity index (χ1v) is 5.96. The molecule has 1 aliphatic heterocycles. The lowest BCUT2D eigenvalue weighted by molar-refractivity contribution is 0.189. The minimum atomic E-state index is 0.394. The maximum absolute atomic E-state index is 9.77. The standard InChI is InChI=1S/C14H14N2O2/c17-14-3-1-2-11-6-10(4-5-13(11)14)7-12-8-18-16-9-15-12/h1-3,6,8-9,17H,4-5,7H2,(H,15,16). The van der Waals surface area contributed by atoms with Gasteiger partial charge in [-0.3, -0.25) is 0 Å². The molecule has 0 saturated carbocycles. The molecule has 0 spiro atoms. The van der Waals surface area contributed by atoms with Crippen LogP contribution in [0.2, 0.25) is 0 Å². The minimum Gasteiger partial charge on any atom is -0.508 e. The Morgan fingerprint density at radius 3 is 3.11 bits per heavy atom. The van der Waals surface area contributed by atoms with E-state index in [0.29, 0.717) is 5.75 Å². The Balaban J connectivity index is 1.83. The lowest BCUT2D eigenvalue weighted by atomic mass is 9.90. The van der Waals surface area contributed by atoms with Crippen molar-refractivity contribution in [2.75, 3.05) is 0 Å². The van der Waals surface area contributed by atoms with Gasteiger partial charge in [-0.1, -0.05) is 23.8 Å². The Hall–Kier alpha value is -2.23. The Morgan fingerprint density at radius 1 is 1.33 bits per heavy atom. The van der Waals surface area contributed by atoms with Gasteiger partial charge in [0.2, 0.25) is 0 Å². The molecule has 0 bridgehead atoms. The zero-order valence-corrected chi connectivity index (χ0v) is 9.89. The molecule has 0 amide bonds. The number of hydrogen-bond acceptors (Lipinski definition) is 4. The fraction of sp³-hybridized carbons (Fsp3) is 0.214. The number of phenolic OH excluding ortho intramolecular Hbond substituents is 1. The number of nitrogens with one attached hydrogen (secondary N) is 1. The number of fused-ring (bicyclic) bond motifs is 1. The van der Waals surface area contributed by atoms with E-state index in [0.717, 1.165) is 36.1 Å². The van der Waals surface area contributed by atoms with Gasteiger partial charge >= 0.3 is 0 Å². The van der Waals surface area contributed by atoms with E-state index in [1.807, 2.05) is 12.1 Å². The number of phenols is 1. The van der Waals surface area contributed by atoms with Crippen molar-refractivity contribution in [2.24, 2.45) is 4.99 Å². The molecule has 0 unspecified atom stereocenters. The van der Waals surface area contributed by atoms with Crippen LogP contribution in [0.5, 0.6) is 5.75 Å². The first-order valence-electron chi connectivity index (χ1n) is 5.96. The van der Waals surface area contributed by atoms with Crippen molar-refractivity contribution in [3.05, 3.63) is 46.9 Å². The predicted molar refractivity (Wildman–Crippen MR) is 69.8 cm³/mol. The summed E-state index contributed by atoms with van der Waals surface area (Å²) in [5.74, 6) is 0.394. The maximum atomic E-state index is 9.77. The van der Waals surface area contributed by atoms with Crippen LogP contribution in [-0.4, -0.2) is 11.4 Å². The molecule has 1 heterocycles. The highest BCUT2D eigenvalue weighted by Gasteiger charge is 2.14. The van der Waals surface area contributed by atoms with E-state index < -0.39 is 0 Å². The van der Waals surface area contributed by atoms with Crippen molar-refractivity contribution in [3.63, 3.8) is 0 Å². The number of aromatic hydroxyl groups is 1. The van der Waals surface area contributed by atoms with Crippen LogP contribution < -0.4 is 5.48 Å². The summed E-state index contributed by atoms with van der Waals surface area (Å²) in [7, 11) is 0. The van der Waals surface area contributed by atoms with Gasteiger partial charge in [-0.2, -0.15) is 0 Å². The molecule has 0 aromatic heterocycles. The quantitative estimate of drug-likeness (QED) is 0.837. The molecule has 2 aliphatic rings. The Labute approximate surface area is 105 Å². The van der Waals surface area contributed by atoms with E-state index in [2.05, 4.69) is 16.5 Å². The average molecular weight is 242 g/mol. The third-order valence-electron chi connectivity index (χ3n) is 3.20. The summed E-state index contributed by atoms with van der Waals surface area (Å²) in [6.07, 6.45) is 7.91. The SMILES string of the molecule is Oc1cccc2c1CCC(CC1=CONC=N1)=C2. The van der Waals surface area contributed by atoms with Crippen molar-refractivity contribution in [1.82, 2.24) is 5.48 Å². The van der Waals surface area contributed by atoms with E-state index in [-0.39, 0.29) is 0 Å². The third kappa shape index (κ3) is 2.09. The molecule has 1 aromatic carbocycles. The van der Waals surface area contributed by atoms with Crippen molar-refractivity contribution < 1.29 is 9.94 Å². The fourth-order valence-electron chi connectivity index (χ4n) is 2.31. The Bertz CT molecular complexity index is 559. The number of allylic oxidation sites excluding steroid dienone is 1. The van der Waals surface area contributed by atoms with Crippen molar-refractivity contribution in [1.29, 1.82) is 0 Å². The summed E-state index contributed by atoms with van der Waals surface area (Å²) in [5.41, 5.74) is 6.92. The predicted octanol–water partition coefficient (Wildman–Crippen LogP) is 2.52. The van der Waals surface area contributed by atoms with Gasteiger partial charge in [0.1, 0.15) is 18.4 Å². The van der Waals surface area contributed by atoms with Crippen molar-refractivity contribution in [3.8, 4) is 5.75 Å². The van der Waals surface area contributed by atoms with Crippen LogP contribution in [0.1, 0.15) is 24.0 Å². The van der Waals surface area contributed by atoms with Crippen molar-refractivity contribution in [2.45, 2.75) is 19.3 Å². The number of benzene rings is 1. The smallest absolute Gasteiger partial charge is 0.141 e. The molecule has 0 atom stereocenters. The highest BCUT2D eigenvalue weighted by molar-refractivity contribution is 5.63. The molecule has 4 heteroatoms. The highest BCUT2D eigenvalue weighted by Crippen LogP contribution is 2.32. The molecule has 18 heavy (non-hydrogen) atoms. The van der Waals surface area contributed by atoms with E-state index in [1.54, 1.807) is 18.7 Å². The van der Waals surface area contributed by atoms with E-state index in [9.17, 15) is 5.11 Å². The molecule has 4 nitrogen and oxygen atoms in total. The van der Waals surface area contributed by atoms with Gasteiger partial charge in [0.25, 0.3) is 0 Å². The average Bonchev–Trinajstić information content (AvgIpc) is 2.40. The summed E-state index contributed by atoms with van der Waals surface area (Å²) < 4.78 is 0. The molecule has 92 valence electrons. The first-order chi connectivity index (χ1) is 8.83. The van der Waals surface area contributed by atoms with Crippen LogP contribution in [-0.2, 0) is 11.3 Å².